The molecule has 0 aromatic heterocycles. The highest BCUT2D eigenvalue weighted by Gasteiger charge is 2.57. The number of amides is 2. The van der Waals surface area contributed by atoms with Gasteiger partial charge in [-0.25, -0.2) is 18.4 Å². The maximum atomic E-state index is 13.8. The first-order chi connectivity index (χ1) is 8.58. The van der Waals surface area contributed by atoms with Crippen LogP contribution in [0.15, 0.2) is 0 Å². The third-order valence-electron chi connectivity index (χ3n) is 2.79. The Balaban J connectivity index is 2.09. The zero-order valence-electron chi connectivity index (χ0n) is 10.9. The van der Waals surface area contributed by atoms with E-state index in [0.717, 1.165) is 4.90 Å². The highest BCUT2D eigenvalue weighted by atomic mass is 19.3. The number of ether oxygens (including phenoxy) is 2. The molecule has 2 heterocycles. The lowest BCUT2D eigenvalue weighted by Crippen LogP contribution is -2.61. The molecule has 108 valence electrons. The van der Waals surface area contributed by atoms with Gasteiger partial charge in [0, 0.05) is 6.54 Å². The Hall–Kier alpha value is -1.60. The molecule has 2 saturated heterocycles. The van der Waals surface area contributed by atoms with E-state index in [4.69, 9.17) is 4.74 Å². The fourth-order valence-electron chi connectivity index (χ4n) is 2.09. The number of alkyl halides is 2. The van der Waals surface area contributed by atoms with Gasteiger partial charge in [-0.3, -0.25) is 4.90 Å². The predicted octanol–water partition coefficient (Wildman–Crippen LogP) is 1.35. The molecule has 8 heteroatoms. The minimum absolute atomic E-state index is 0.0547. The van der Waals surface area contributed by atoms with Crippen LogP contribution < -0.4 is 5.32 Å². The molecule has 2 amide bonds. The van der Waals surface area contributed by atoms with Gasteiger partial charge in [0.2, 0.25) is 0 Å². The highest BCUT2D eigenvalue weighted by molar-refractivity contribution is 5.72. The summed E-state index contributed by atoms with van der Waals surface area (Å²) < 4.78 is 37.2. The molecule has 6 nitrogen and oxygen atoms in total. The molecule has 2 aliphatic heterocycles. The van der Waals surface area contributed by atoms with Gasteiger partial charge in [0.05, 0.1) is 12.6 Å². The molecule has 2 fully saturated rings. The number of likely N-dealkylation sites (tertiary alicyclic amines) is 1. The van der Waals surface area contributed by atoms with Crippen LogP contribution in [0.25, 0.3) is 0 Å². The Labute approximate surface area is 109 Å². The number of hydrogen-bond acceptors (Lipinski definition) is 4. The number of piperidine rings is 1. The molecule has 2 rings (SSSR count). The van der Waals surface area contributed by atoms with Crippen molar-refractivity contribution >= 4 is 12.2 Å². The van der Waals surface area contributed by atoms with Crippen LogP contribution in [0.5, 0.6) is 0 Å². The normalized spacial score (nSPS) is 29.3. The van der Waals surface area contributed by atoms with Crippen LogP contribution in [-0.4, -0.2) is 53.8 Å². The second-order valence-electron chi connectivity index (χ2n) is 5.70. The molecule has 0 radical (unpaired) electrons. The number of halogens is 2. The third kappa shape index (κ3) is 2.87. The number of rotatable bonds is 0. The molecule has 0 spiro atoms. The van der Waals surface area contributed by atoms with Gasteiger partial charge in [-0.05, 0) is 20.8 Å². The number of carbonyl (C=O) groups excluding carboxylic acids is 2. The summed E-state index contributed by atoms with van der Waals surface area (Å²) in [5, 5.41) is 2.27. The van der Waals surface area contributed by atoms with E-state index < -0.39 is 42.4 Å². The number of hydrogen-bond donors (Lipinski definition) is 1. The molecule has 2 unspecified atom stereocenters. The first-order valence-electron chi connectivity index (χ1n) is 5.91. The van der Waals surface area contributed by atoms with E-state index in [9.17, 15) is 18.4 Å². The molecule has 2 aliphatic rings. The minimum Gasteiger partial charge on any atom is -0.444 e. The van der Waals surface area contributed by atoms with Gasteiger partial charge in [-0.15, -0.1) is 0 Å². The molecule has 1 N–H and O–H groups in total. The van der Waals surface area contributed by atoms with Crippen LogP contribution in [0, 0.1) is 0 Å². The average Bonchev–Trinajstić information content (AvgIpc) is 2.56. The number of nitrogens with one attached hydrogen (secondary N) is 1. The van der Waals surface area contributed by atoms with E-state index in [1.54, 1.807) is 20.8 Å². The molecule has 0 saturated carbocycles. The van der Waals surface area contributed by atoms with Gasteiger partial charge in [0.15, 0.2) is 6.10 Å². The van der Waals surface area contributed by atoms with Crippen LogP contribution in [0.1, 0.15) is 20.8 Å². The number of fused-ring (bicyclic) bond motifs is 1. The maximum Gasteiger partial charge on any atom is 0.410 e. The van der Waals surface area contributed by atoms with Crippen molar-refractivity contribution in [2.24, 2.45) is 0 Å². The van der Waals surface area contributed by atoms with Crippen molar-refractivity contribution in [3.63, 3.8) is 0 Å². The average molecular weight is 278 g/mol. The van der Waals surface area contributed by atoms with Crippen molar-refractivity contribution in [1.82, 2.24) is 10.2 Å². The molecular weight excluding hydrogens is 262 g/mol. The SMILES string of the molecule is CC(C)(C)OC(=O)N1CC2NC(=O)OC2C(F)(F)C1. The van der Waals surface area contributed by atoms with Gasteiger partial charge in [0.25, 0.3) is 0 Å². The van der Waals surface area contributed by atoms with E-state index >= 15 is 0 Å². The van der Waals surface area contributed by atoms with Crippen LogP contribution in [0.3, 0.4) is 0 Å². The first kappa shape index (κ1) is 13.8. The second-order valence-corrected chi connectivity index (χ2v) is 5.70. The predicted molar refractivity (Wildman–Crippen MR) is 59.9 cm³/mol. The highest BCUT2D eigenvalue weighted by Crippen LogP contribution is 2.33. The van der Waals surface area contributed by atoms with Gasteiger partial charge < -0.3 is 14.8 Å². The smallest absolute Gasteiger partial charge is 0.410 e. The molecule has 0 aromatic rings. The number of nitrogens with zero attached hydrogens (tertiary/aromatic N) is 1. The monoisotopic (exact) mass is 278 g/mol. The third-order valence-corrected chi connectivity index (χ3v) is 2.79. The summed E-state index contributed by atoms with van der Waals surface area (Å²) in [6.45, 7) is 4.07. The minimum atomic E-state index is -3.29. The molecule has 0 bridgehead atoms. The molecule has 0 aliphatic carbocycles. The van der Waals surface area contributed by atoms with E-state index in [-0.39, 0.29) is 6.54 Å². The topological polar surface area (TPSA) is 67.9 Å². The van der Waals surface area contributed by atoms with Crippen molar-refractivity contribution in [2.75, 3.05) is 13.1 Å². The Morgan fingerprint density at radius 2 is 2.16 bits per heavy atom. The summed E-state index contributed by atoms with van der Waals surface area (Å²) in [4.78, 5) is 23.7. The van der Waals surface area contributed by atoms with Crippen LogP contribution in [-0.2, 0) is 9.47 Å². The fourth-order valence-corrected chi connectivity index (χ4v) is 2.09. The number of alkyl carbamates (subject to hydrolysis) is 1. The Kier molecular flexibility index (Phi) is 3.06. The largest absolute Gasteiger partial charge is 0.444 e. The Morgan fingerprint density at radius 3 is 2.74 bits per heavy atom. The van der Waals surface area contributed by atoms with E-state index in [1.807, 2.05) is 0 Å². The molecule has 19 heavy (non-hydrogen) atoms. The van der Waals surface area contributed by atoms with Crippen LogP contribution >= 0.6 is 0 Å². The Bertz CT molecular complexity index is 408. The lowest BCUT2D eigenvalue weighted by atomic mass is 10.00. The van der Waals surface area contributed by atoms with Crippen LogP contribution in [0.4, 0.5) is 18.4 Å². The quantitative estimate of drug-likeness (QED) is 0.726. The van der Waals surface area contributed by atoms with Crippen molar-refractivity contribution in [2.45, 2.75) is 44.4 Å². The lowest BCUT2D eigenvalue weighted by molar-refractivity contribution is -0.141. The van der Waals surface area contributed by atoms with Crippen molar-refractivity contribution in [3.8, 4) is 0 Å². The lowest BCUT2D eigenvalue weighted by Gasteiger charge is -2.38. The van der Waals surface area contributed by atoms with Crippen molar-refractivity contribution in [3.05, 3.63) is 0 Å². The Morgan fingerprint density at radius 1 is 1.53 bits per heavy atom. The molecule has 0 aromatic carbocycles. The van der Waals surface area contributed by atoms with Gasteiger partial charge >= 0.3 is 18.1 Å². The van der Waals surface area contributed by atoms with Crippen LogP contribution in [0.2, 0.25) is 0 Å². The maximum absolute atomic E-state index is 13.8. The molecule has 2 atom stereocenters. The second kappa shape index (κ2) is 4.21. The van der Waals surface area contributed by atoms with E-state index in [2.05, 4.69) is 10.1 Å². The van der Waals surface area contributed by atoms with E-state index in [1.165, 1.54) is 0 Å². The molecular formula is C11H16F2N2O4. The summed E-state index contributed by atoms with van der Waals surface area (Å²) in [7, 11) is 0. The van der Waals surface area contributed by atoms with Crippen molar-refractivity contribution < 1.29 is 27.8 Å². The summed E-state index contributed by atoms with van der Waals surface area (Å²) in [6.07, 6.45) is -3.24. The van der Waals surface area contributed by atoms with Gasteiger partial charge in [0.1, 0.15) is 5.60 Å². The zero-order chi connectivity index (χ0) is 14.4. The summed E-state index contributed by atoms with van der Waals surface area (Å²) >= 11 is 0. The fraction of sp³-hybridized carbons (Fsp3) is 0.818. The summed E-state index contributed by atoms with van der Waals surface area (Å²) in [5.41, 5.74) is -0.765. The van der Waals surface area contributed by atoms with Gasteiger partial charge in [-0.2, -0.15) is 0 Å². The van der Waals surface area contributed by atoms with Crippen molar-refractivity contribution in [1.29, 1.82) is 0 Å². The summed E-state index contributed by atoms with van der Waals surface area (Å²) in [5.74, 6) is -3.29. The first-order valence-corrected chi connectivity index (χ1v) is 5.91. The zero-order valence-corrected chi connectivity index (χ0v) is 10.9. The van der Waals surface area contributed by atoms with E-state index in [0.29, 0.717) is 0 Å². The van der Waals surface area contributed by atoms with Gasteiger partial charge in [-0.1, -0.05) is 0 Å². The summed E-state index contributed by atoms with van der Waals surface area (Å²) in [6, 6.07) is -0.913. The number of carbonyl (C=O) groups is 2. The standard InChI is InChI=1S/C11H16F2N2O4/c1-10(2,3)19-9(17)15-4-6-7(11(12,13)5-15)18-8(16)14-6/h6-7H,4-5H2,1-3H3,(H,14,16).